The Hall–Kier alpha value is -0.640. The first kappa shape index (κ1) is 15.7. The van der Waals surface area contributed by atoms with Gasteiger partial charge in [0, 0.05) is 4.47 Å². The van der Waals surface area contributed by atoms with E-state index in [0.29, 0.717) is 14.3 Å². The standard InChI is InChI=1S/C11H11BrF3NO3S/c1-7-4-8(2-3-9(7)12)20(18,19)16-5-10(17,6-16)11(13,14)15/h2-4,17H,5-6H2,1H3. The van der Waals surface area contributed by atoms with E-state index in [1.807, 2.05) is 0 Å². The molecule has 4 nitrogen and oxygen atoms in total. The van der Waals surface area contributed by atoms with Crippen LogP contribution < -0.4 is 0 Å². The molecule has 9 heteroatoms. The van der Waals surface area contributed by atoms with Gasteiger partial charge in [0.25, 0.3) is 0 Å². The van der Waals surface area contributed by atoms with Gasteiger partial charge in [0.2, 0.25) is 10.0 Å². The van der Waals surface area contributed by atoms with Crippen molar-refractivity contribution >= 4 is 26.0 Å². The summed E-state index contributed by atoms with van der Waals surface area (Å²) in [5.74, 6) is 0. The number of rotatable bonds is 2. The molecule has 1 fully saturated rings. The lowest BCUT2D eigenvalue weighted by atomic mass is 9.97. The quantitative estimate of drug-likeness (QED) is 0.862. The predicted molar refractivity (Wildman–Crippen MR) is 68.6 cm³/mol. The Morgan fingerprint density at radius 2 is 1.90 bits per heavy atom. The minimum absolute atomic E-state index is 0.0950. The Bertz CT molecular complexity index is 639. The van der Waals surface area contributed by atoms with Crippen molar-refractivity contribution in [1.29, 1.82) is 0 Å². The highest BCUT2D eigenvalue weighted by Gasteiger charge is 2.63. The molecule has 0 aromatic heterocycles. The molecule has 112 valence electrons. The molecule has 0 atom stereocenters. The van der Waals surface area contributed by atoms with E-state index in [4.69, 9.17) is 0 Å². The normalized spacial score (nSPS) is 19.7. The minimum Gasteiger partial charge on any atom is -0.378 e. The number of benzene rings is 1. The summed E-state index contributed by atoms with van der Waals surface area (Å²) in [5, 5.41) is 9.29. The van der Waals surface area contributed by atoms with E-state index in [2.05, 4.69) is 15.9 Å². The van der Waals surface area contributed by atoms with Crippen molar-refractivity contribution in [2.24, 2.45) is 0 Å². The van der Waals surface area contributed by atoms with Crippen LogP contribution in [0.4, 0.5) is 13.2 Å². The molecule has 20 heavy (non-hydrogen) atoms. The highest BCUT2D eigenvalue weighted by Crippen LogP contribution is 2.40. The summed E-state index contributed by atoms with van der Waals surface area (Å²) in [5.41, 5.74) is -2.30. The van der Waals surface area contributed by atoms with Crippen LogP contribution >= 0.6 is 15.9 Å². The van der Waals surface area contributed by atoms with Crippen LogP contribution in [-0.2, 0) is 10.0 Å². The van der Waals surface area contributed by atoms with Crippen LogP contribution in [0.1, 0.15) is 5.56 Å². The topological polar surface area (TPSA) is 57.6 Å². The highest BCUT2D eigenvalue weighted by atomic mass is 79.9. The molecular weight excluding hydrogens is 363 g/mol. The molecular formula is C11H11BrF3NO3S. The van der Waals surface area contributed by atoms with Gasteiger partial charge in [-0.15, -0.1) is 0 Å². The second-order valence-corrected chi connectivity index (χ2v) is 7.51. The summed E-state index contributed by atoms with van der Waals surface area (Å²) in [7, 11) is -4.02. The van der Waals surface area contributed by atoms with E-state index in [0.717, 1.165) is 0 Å². The maximum atomic E-state index is 12.5. The Balaban J connectivity index is 2.24. The van der Waals surface area contributed by atoms with Gasteiger partial charge in [-0.2, -0.15) is 17.5 Å². The minimum atomic E-state index is -4.84. The van der Waals surface area contributed by atoms with Gasteiger partial charge in [0.15, 0.2) is 5.60 Å². The summed E-state index contributed by atoms with van der Waals surface area (Å²) in [4.78, 5) is -0.0950. The lowest BCUT2D eigenvalue weighted by molar-refractivity contribution is -0.290. The fourth-order valence-corrected chi connectivity index (χ4v) is 3.69. The summed E-state index contributed by atoms with van der Waals surface area (Å²) in [6, 6.07) is 4.18. The van der Waals surface area contributed by atoms with E-state index < -0.39 is 34.9 Å². The molecule has 0 spiro atoms. The summed E-state index contributed by atoms with van der Waals surface area (Å²) in [6.07, 6.45) is -4.84. The second kappa shape index (κ2) is 4.69. The van der Waals surface area contributed by atoms with Gasteiger partial charge >= 0.3 is 6.18 Å². The smallest absolute Gasteiger partial charge is 0.378 e. The number of hydrogen-bond acceptors (Lipinski definition) is 3. The van der Waals surface area contributed by atoms with Crippen LogP contribution in [0.5, 0.6) is 0 Å². The Kier molecular flexibility index (Phi) is 3.69. The van der Waals surface area contributed by atoms with Gasteiger partial charge in [-0.25, -0.2) is 8.42 Å². The van der Waals surface area contributed by atoms with E-state index in [1.54, 1.807) is 6.92 Å². The van der Waals surface area contributed by atoms with Crippen molar-refractivity contribution in [3.63, 3.8) is 0 Å². The molecule has 0 bridgehead atoms. The third-order valence-electron chi connectivity index (χ3n) is 3.17. The van der Waals surface area contributed by atoms with E-state index in [1.165, 1.54) is 18.2 Å². The average Bonchev–Trinajstić information content (AvgIpc) is 2.26. The van der Waals surface area contributed by atoms with Gasteiger partial charge in [-0.05, 0) is 30.7 Å². The van der Waals surface area contributed by atoms with Crippen molar-refractivity contribution in [3.05, 3.63) is 28.2 Å². The third kappa shape index (κ3) is 2.47. The van der Waals surface area contributed by atoms with Crippen LogP contribution in [0.2, 0.25) is 0 Å². The summed E-state index contributed by atoms with van der Waals surface area (Å²) < 4.78 is 63.0. The van der Waals surface area contributed by atoms with Gasteiger partial charge in [-0.1, -0.05) is 15.9 Å². The number of β-amino-alcohol motifs (C(OH)–C–C–N with tert-alkyl or cyclic N) is 1. The zero-order valence-corrected chi connectivity index (χ0v) is 12.7. The van der Waals surface area contributed by atoms with E-state index in [9.17, 15) is 26.7 Å². The number of nitrogens with zero attached hydrogens (tertiary/aromatic N) is 1. The molecule has 0 amide bonds. The van der Waals surface area contributed by atoms with Crippen molar-refractivity contribution in [2.75, 3.05) is 13.1 Å². The number of hydrogen-bond donors (Lipinski definition) is 1. The summed E-state index contributed by atoms with van der Waals surface area (Å²) >= 11 is 3.21. The number of halogens is 4. The zero-order valence-electron chi connectivity index (χ0n) is 10.3. The SMILES string of the molecule is Cc1cc(S(=O)(=O)N2CC(O)(C(F)(F)F)C2)ccc1Br. The Morgan fingerprint density at radius 3 is 2.35 bits per heavy atom. The molecule has 0 saturated carbocycles. The maximum absolute atomic E-state index is 12.5. The molecule has 1 aromatic carbocycles. The van der Waals surface area contributed by atoms with Crippen molar-refractivity contribution in [1.82, 2.24) is 4.31 Å². The maximum Gasteiger partial charge on any atom is 0.419 e. The van der Waals surface area contributed by atoms with Crippen LogP contribution in [0, 0.1) is 6.92 Å². The molecule has 1 N–H and O–H groups in total. The van der Waals surface area contributed by atoms with Crippen molar-refractivity contribution < 1.29 is 26.7 Å². The molecule has 0 radical (unpaired) electrons. The van der Waals surface area contributed by atoms with Gasteiger partial charge in [0.05, 0.1) is 18.0 Å². The molecule has 0 unspecified atom stereocenters. The number of sulfonamides is 1. The van der Waals surface area contributed by atoms with Crippen LogP contribution in [0.3, 0.4) is 0 Å². The molecule has 1 aromatic rings. The van der Waals surface area contributed by atoms with Crippen LogP contribution in [0.25, 0.3) is 0 Å². The fraction of sp³-hybridized carbons (Fsp3) is 0.455. The van der Waals surface area contributed by atoms with Crippen molar-refractivity contribution in [2.45, 2.75) is 23.6 Å². The van der Waals surface area contributed by atoms with Gasteiger partial charge in [0.1, 0.15) is 0 Å². The number of aryl methyl sites for hydroxylation is 1. The first-order valence-corrected chi connectivity index (χ1v) is 7.76. The first-order chi connectivity index (χ1) is 8.97. The monoisotopic (exact) mass is 373 g/mol. The zero-order chi connectivity index (χ0) is 15.3. The number of alkyl halides is 3. The van der Waals surface area contributed by atoms with E-state index >= 15 is 0 Å². The third-order valence-corrected chi connectivity index (χ3v) is 5.85. The predicted octanol–water partition coefficient (Wildman–Crippen LogP) is 2.06. The fourth-order valence-electron chi connectivity index (χ4n) is 1.81. The van der Waals surface area contributed by atoms with Gasteiger partial charge < -0.3 is 5.11 Å². The molecule has 2 rings (SSSR count). The lowest BCUT2D eigenvalue weighted by Crippen LogP contribution is -2.70. The van der Waals surface area contributed by atoms with Gasteiger partial charge in [-0.3, -0.25) is 0 Å². The second-order valence-electron chi connectivity index (χ2n) is 4.71. The molecule has 0 aliphatic carbocycles. The van der Waals surface area contributed by atoms with Crippen LogP contribution in [0.15, 0.2) is 27.6 Å². The highest BCUT2D eigenvalue weighted by molar-refractivity contribution is 9.10. The van der Waals surface area contributed by atoms with Crippen LogP contribution in [-0.4, -0.2) is 42.7 Å². The largest absolute Gasteiger partial charge is 0.419 e. The van der Waals surface area contributed by atoms with E-state index in [-0.39, 0.29) is 4.90 Å². The molecule has 1 aliphatic heterocycles. The van der Waals surface area contributed by atoms with Crippen molar-refractivity contribution in [3.8, 4) is 0 Å². The lowest BCUT2D eigenvalue weighted by Gasteiger charge is -2.45. The number of aliphatic hydroxyl groups is 1. The Labute approximate surface area is 122 Å². The average molecular weight is 374 g/mol. The molecule has 1 heterocycles. The first-order valence-electron chi connectivity index (χ1n) is 5.53. The molecule has 1 saturated heterocycles. The Morgan fingerprint density at radius 1 is 1.35 bits per heavy atom. The molecule has 1 aliphatic rings. The summed E-state index contributed by atoms with van der Waals surface area (Å²) in [6.45, 7) is -0.285.